The van der Waals surface area contributed by atoms with Gasteiger partial charge >= 0.3 is 0 Å². The van der Waals surface area contributed by atoms with Gasteiger partial charge in [-0.15, -0.1) is 11.3 Å². The predicted octanol–water partition coefficient (Wildman–Crippen LogP) is 15.9. The standard InChI is InChI=1S/C54H37NS/c1-4-15-38(16-5-1)40-27-32-44(33-28-40)55(52-36-31-43(39-17-6-2-7-18-39)37-51(52)41-19-8-3-9-20-41)45-34-29-42(30-35-45)46-21-10-11-22-47(46)49-24-14-25-50-48-23-12-13-26-53(48)56-54(49)50/h1-37H. The third kappa shape index (κ3) is 6.26. The Morgan fingerprint density at radius 3 is 1.43 bits per heavy atom. The van der Waals surface area contributed by atoms with E-state index in [1.807, 2.05) is 11.3 Å². The molecule has 10 aromatic rings. The zero-order valence-electron chi connectivity index (χ0n) is 30.7. The minimum Gasteiger partial charge on any atom is -0.310 e. The van der Waals surface area contributed by atoms with Gasteiger partial charge in [0.15, 0.2) is 0 Å². The SMILES string of the molecule is c1ccc(-c2ccc(N(c3ccc(-c4ccccc4-c4cccc5c4sc4ccccc45)cc3)c3ccc(-c4ccccc4)cc3-c3ccccc3)cc2)cc1. The Morgan fingerprint density at radius 1 is 0.286 bits per heavy atom. The molecule has 0 saturated carbocycles. The summed E-state index contributed by atoms with van der Waals surface area (Å²) in [5, 5.41) is 2.63. The molecule has 0 aliphatic rings. The van der Waals surface area contributed by atoms with E-state index in [9.17, 15) is 0 Å². The van der Waals surface area contributed by atoms with Crippen LogP contribution in [0.5, 0.6) is 0 Å². The van der Waals surface area contributed by atoms with E-state index < -0.39 is 0 Å². The highest BCUT2D eigenvalue weighted by atomic mass is 32.1. The van der Waals surface area contributed by atoms with Crippen molar-refractivity contribution in [2.75, 3.05) is 4.90 Å². The van der Waals surface area contributed by atoms with Crippen LogP contribution in [-0.4, -0.2) is 0 Å². The Balaban J connectivity index is 1.11. The van der Waals surface area contributed by atoms with Crippen LogP contribution in [0.2, 0.25) is 0 Å². The van der Waals surface area contributed by atoms with Crippen LogP contribution in [0.1, 0.15) is 0 Å². The van der Waals surface area contributed by atoms with Crippen LogP contribution in [-0.2, 0) is 0 Å². The number of nitrogens with zero attached hydrogens (tertiary/aromatic N) is 1. The molecule has 0 fully saturated rings. The molecule has 56 heavy (non-hydrogen) atoms. The summed E-state index contributed by atoms with van der Waals surface area (Å²) in [6.07, 6.45) is 0. The molecule has 0 saturated heterocycles. The summed E-state index contributed by atoms with van der Waals surface area (Å²) in [7, 11) is 0. The van der Waals surface area contributed by atoms with Crippen LogP contribution < -0.4 is 4.90 Å². The maximum absolute atomic E-state index is 2.40. The molecule has 0 radical (unpaired) electrons. The molecule has 10 rings (SSSR count). The van der Waals surface area contributed by atoms with Crippen LogP contribution in [0, 0.1) is 0 Å². The van der Waals surface area contributed by atoms with Crippen molar-refractivity contribution in [2.45, 2.75) is 0 Å². The van der Waals surface area contributed by atoms with Crippen LogP contribution in [0.4, 0.5) is 17.1 Å². The minimum atomic E-state index is 1.09. The van der Waals surface area contributed by atoms with Crippen molar-refractivity contribution in [3.8, 4) is 55.6 Å². The summed E-state index contributed by atoms with van der Waals surface area (Å²) in [4.78, 5) is 2.40. The van der Waals surface area contributed by atoms with Gasteiger partial charge < -0.3 is 4.90 Å². The molecule has 0 aliphatic heterocycles. The summed E-state index contributed by atoms with van der Waals surface area (Å²) >= 11 is 1.88. The van der Waals surface area contributed by atoms with E-state index in [0.717, 1.165) is 17.1 Å². The van der Waals surface area contributed by atoms with Crippen molar-refractivity contribution < 1.29 is 0 Å². The van der Waals surface area contributed by atoms with Gasteiger partial charge in [0, 0.05) is 42.7 Å². The van der Waals surface area contributed by atoms with Gasteiger partial charge in [-0.1, -0.05) is 182 Å². The molecule has 2 heteroatoms. The zero-order chi connectivity index (χ0) is 37.3. The van der Waals surface area contributed by atoms with Gasteiger partial charge in [0.2, 0.25) is 0 Å². The van der Waals surface area contributed by atoms with Crippen LogP contribution >= 0.6 is 11.3 Å². The molecule has 1 aromatic heterocycles. The molecule has 0 N–H and O–H groups in total. The summed E-state index contributed by atoms with van der Waals surface area (Å²) in [6, 6.07) is 81.2. The van der Waals surface area contributed by atoms with Gasteiger partial charge in [0.1, 0.15) is 0 Å². The molecule has 1 heterocycles. The van der Waals surface area contributed by atoms with E-state index in [4.69, 9.17) is 0 Å². The Kier molecular flexibility index (Phi) is 8.79. The Morgan fingerprint density at radius 2 is 0.750 bits per heavy atom. The van der Waals surface area contributed by atoms with Crippen molar-refractivity contribution in [1.82, 2.24) is 0 Å². The maximum atomic E-state index is 2.40. The molecular weight excluding hydrogens is 695 g/mol. The van der Waals surface area contributed by atoms with Crippen molar-refractivity contribution in [2.24, 2.45) is 0 Å². The molecule has 0 spiro atoms. The first-order valence-electron chi connectivity index (χ1n) is 19.1. The van der Waals surface area contributed by atoms with Gasteiger partial charge in [0.25, 0.3) is 0 Å². The fraction of sp³-hybridized carbons (Fsp3) is 0. The molecule has 0 atom stereocenters. The number of fused-ring (bicyclic) bond motifs is 3. The lowest BCUT2D eigenvalue weighted by Gasteiger charge is -2.29. The molecule has 1 nitrogen and oxygen atoms in total. The first-order valence-corrected chi connectivity index (χ1v) is 19.9. The van der Waals surface area contributed by atoms with Crippen LogP contribution in [0.3, 0.4) is 0 Å². The van der Waals surface area contributed by atoms with Crippen molar-refractivity contribution in [3.63, 3.8) is 0 Å². The summed E-state index contributed by atoms with van der Waals surface area (Å²) < 4.78 is 2.65. The van der Waals surface area contributed by atoms with Crippen molar-refractivity contribution >= 4 is 48.6 Å². The smallest absolute Gasteiger partial charge is 0.0540 e. The summed E-state index contributed by atoms with van der Waals surface area (Å²) in [5.74, 6) is 0. The third-order valence-corrected chi connectivity index (χ3v) is 11.9. The summed E-state index contributed by atoms with van der Waals surface area (Å²) in [5.41, 5.74) is 15.4. The molecular formula is C54H37NS. The van der Waals surface area contributed by atoms with Gasteiger partial charge in [-0.2, -0.15) is 0 Å². The van der Waals surface area contributed by atoms with E-state index in [1.165, 1.54) is 75.8 Å². The highest BCUT2D eigenvalue weighted by Gasteiger charge is 2.20. The van der Waals surface area contributed by atoms with E-state index in [1.54, 1.807) is 0 Å². The van der Waals surface area contributed by atoms with E-state index >= 15 is 0 Å². The molecule has 9 aromatic carbocycles. The lowest BCUT2D eigenvalue weighted by atomic mass is 9.93. The highest BCUT2D eigenvalue weighted by Crippen LogP contribution is 2.45. The number of rotatable bonds is 8. The average Bonchev–Trinajstić information content (AvgIpc) is 3.67. The van der Waals surface area contributed by atoms with Gasteiger partial charge in [-0.05, 0) is 87.0 Å². The number of benzene rings is 9. The minimum absolute atomic E-state index is 1.09. The topological polar surface area (TPSA) is 3.24 Å². The second-order valence-corrected chi connectivity index (χ2v) is 15.1. The summed E-state index contributed by atoms with van der Waals surface area (Å²) in [6.45, 7) is 0. The lowest BCUT2D eigenvalue weighted by Crippen LogP contribution is -2.11. The number of thiophene rings is 1. The monoisotopic (exact) mass is 731 g/mol. The normalized spacial score (nSPS) is 11.2. The first kappa shape index (κ1) is 33.6. The van der Waals surface area contributed by atoms with Gasteiger partial charge in [0.05, 0.1) is 5.69 Å². The second-order valence-electron chi connectivity index (χ2n) is 14.1. The van der Waals surface area contributed by atoms with E-state index in [2.05, 4.69) is 229 Å². The fourth-order valence-corrected chi connectivity index (χ4v) is 9.20. The van der Waals surface area contributed by atoms with Crippen molar-refractivity contribution in [1.29, 1.82) is 0 Å². The Hall–Kier alpha value is -7.00. The number of hydrogen-bond donors (Lipinski definition) is 0. The van der Waals surface area contributed by atoms with Crippen LogP contribution in [0.15, 0.2) is 224 Å². The number of hydrogen-bond acceptors (Lipinski definition) is 2. The lowest BCUT2D eigenvalue weighted by molar-refractivity contribution is 1.28. The van der Waals surface area contributed by atoms with E-state index in [-0.39, 0.29) is 0 Å². The van der Waals surface area contributed by atoms with Gasteiger partial charge in [-0.3, -0.25) is 0 Å². The highest BCUT2D eigenvalue weighted by molar-refractivity contribution is 7.26. The van der Waals surface area contributed by atoms with E-state index in [0.29, 0.717) is 0 Å². The molecule has 0 unspecified atom stereocenters. The largest absolute Gasteiger partial charge is 0.310 e. The second kappa shape index (κ2) is 14.7. The third-order valence-electron chi connectivity index (χ3n) is 10.7. The zero-order valence-corrected chi connectivity index (χ0v) is 31.5. The molecule has 0 aliphatic carbocycles. The quantitative estimate of drug-likeness (QED) is 0.150. The molecule has 0 bridgehead atoms. The predicted molar refractivity (Wildman–Crippen MR) is 241 cm³/mol. The molecule has 264 valence electrons. The molecule has 0 amide bonds. The van der Waals surface area contributed by atoms with Gasteiger partial charge in [-0.25, -0.2) is 0 Å². The average molecular weight is 732 g/mol. The fourth-order valence-electron chi connectivity index (χ4n) is 7.97. The first-order chi connectivity index (χ1) is 27.8. The van der Waals surface area contributed by atoms with Crippen molar-refractivity contribution in [3.05, 3.63) is 224 Å². The Labute approximate surface area is 332 Å². The number of anilines is 3. The maximum Gasteiger partial charge on any atom is 0.0540 e. The Bertz CT molecular complexity index is 2930. The van der Waals surface area contributed by atoms with Crippen LogP contribution in [0.25, 0.3) is 75.8 Å².